The highest BCUT2D eigenvalue weighted by atomic mass is 14.2. The standard InChI is InChI=1S/C14H28/c1-7-9-11(3)13(5)14(6)12(4)10-8-2/h11-12,14H,5,7-10H2,1-4,6H3. The highest BCUT2D eigenvalue weighted by Gasteiger charge is 2.18. The topological polar surface area (TPSA) is 0 Å². The minimum Gasteiger partial charge on any atom is -0.0993 e. The quantitative estimate of drug-likeness (QED) is 0.500. The lowest BCUT2D eigenvalue weighted by Crippen LogP contribution is -2.14. The molecule has 3 unspecified atom stereocenters. The molecule has 84 valence electrons. The summed E-state index contributed by atoms with van der Waals surface area (Å²) in [5.41, 5.74) is 1.47. The Hall–Kier alpha value is -0.260. The second-order valence-corrected chi connectivity index (χ2v) is 4.82. The normalized spacial score (nSPS) is 17.5. The van der Waals surface area contributed by atoms with Crippen molar-refractivity contribution in [2.24, 2.45) is 17.8 Å². The van der Waals surface area contributed by atoms with E-state index in [2.05, 4.69) is 41.2 Å². The van der Waals surface area contributed by atoms with Crippen LogP contribution in [-0.4, -0.2) is 0 Å². The zero-order valence-electron chi connectivity index (χ0n) is 10.8. The summed E-state index contributed by atoms with van der Waals surface area (Å²) in [5, 5.41) is 0. The molecule has 0 aromatic rings. The van der Waals surface area contributed by atoms with Crippen molar-refractivity contribution in [3.8, 4) is 0 Å². The molecule has 0 nitrogen and oxygen atoms in total. The fourth-order valence-electron chi connectivity index (χ4n) is 2.14. The number of hydrogen-bond acceptors (Lipinski definition) is 0. The van der Waals surface area contributed by atoms with Gasteiger partial charge in [0.05, 0.1) is 0 Å². The Balaban J connectivity index is 4.09. The lowest BCUT2D eigenvalue weighted by atomic mass is 9.80. The van der Waals surface area contributed by atoms with Crippen LogP contribution in [0.3, 0.4) is 0 Å². The van der Waals surface area contributed by atoms with E-state index in [1.165, 1.54) is 31.3 Å². The van der Waals surface area contributed by atoms with Gasteiger partial charge >= 0.3 is 0 Å². The number of hydrogen-bond donors (Lipinski definition) is 0. The molecule has 0 saturated heterocycles. The lowest BCUT2D eigenvalue weighted by molar-refractivity contribution is 0.374. The fourth-order valence-corrected chi connectivity index (χ4v) is 2.14. The maximum Gasteiger partial charge on any atom is -0.0206 e. The molecule has 0 N–H and O–H groups in total. The van der Waals surface area contributed by atoms with Crippen LogP contribution in [0.15, 0.2) is 12.2 Å². The Morgan fingerprint density at radius 2 is 1.50 bits per heavy atom. The van der Waals surface area contributed by atoms with E-state index in [1.807, 2.05) is 0 Å². The second kappa shape index (κ2) is 7.09. The summed E-state index contributed by atoms with van der Waals surface area (Å²) in [7, 11) is 0. The maximum absolute atomic E-state index is 4.28. The second-order valence-electron chi connectivity index (χ2n) is 4.82. The highest BCUT2D eigenvalue weighted by Crippen LogP contribution is 2.29. The average Bonchev–Trinajstić information content (AvgIpc) is 2.16. The maximum atomic E-state index is 4.28. The van der Waals surface area contributed by atoms with E-state index >= 15 is 0 Å². The molecule has 0 spiro atoms. The van der Waals surface area contributed by atoms with Crippen molar-refractivity contribution in [2.75, 3.05) is 0 Å². The summed E-state index contributed by atoms with van der Waals surface area (Å²) in [6.07, 6.45) is 5.19. The molecule has 0 heterocycles. The van der Waals surface area contributed by atoms with Gasteiger partial charge in [0, 0.05) is 0 Å². The van der Waals surface area contributed by atoms with Crippen LogP contribution in [0.4, 0.5) is 0 Å². The summed E-state index contributed by atoms with van der Waals surface area (Å²) in [6.45, 7) is 15.8. The van der Waals surface area contributed by atoms with Gasteiger partial charge in [0.15, 0.2) is 0 Å². The predicted molar refractivity (Wildman–Crippen MR) is 66.4 cm³/mol. The molecular weight excluding hydrogens is 168 g/mol. The third-order valence-corrected chi connectivity index (χ3v) is 3.54. The Kier molecular flexibility index (Phi) is 6.96. The molecular formula is C14H28. The fraction of sp³-hybridized carbons (Fsp3) is 0.857. The first-order valence-electron chi connectivity index (χ1n) is 6.23. The van der Waals surface area contributed by atoms with Crippen molar-refractivity contribution in [1.29, 1.82) is 0 Å². The largest absolute Gasteiger partial charge is 0.0993 e. The van der Waals surface area contributed by atoms with Crippen molar-refractivity contribution < 1.29 is 0 Å². The third kappa shape index (κ3) is 4.30. The van der Waals surface area contributed by atoms with Crippen molar-refractivity contribution in [3.63, 3.8) is 0 Å². The summed E-state index contributed by atoms with van der Waals surface area (Å²) in [5.74, 6) is 2.19. The van der Waals surface area contributed by atoms with Gasteiger partial charge in [0.2, 0.25) is 0 Å². The Labute approximate surface area is 90.8 Å². The van der Waals surface area contributed by atoms with Gasteiger partial charge in [-0.15, -0.1) is 0 Å². The van der Waals surface area contributed by atoms with Gasteiger partial charge in [-0.25, -0.2) is 0 Å². The summed E-state index contributed by atoms with van der Waals surface area (Å²) in [4.78, 5) is 0. The van der Waals surface area contributed by atoms with E-state index in [-0.39, 0.29) is 0 Å². The molecule has 0 aliphatic carbocycles. The van der Waals surface area contributed by atoms with Gasteiger partial charge in [-0.05, 0) is 24.2 Å². The van der Waals surface area contributed by atoms with Crippen molar-refractivity contribution in [2.45, 2.75) is 60.3 Å². The van der Waals surface area contributed by atoms with Crippen LogP contribution in [0, 0.1) is 17.8 Å². The molecule has 0 aromatic heterocycles. The SMILES string of the molecule is C=C(C(C)CCC)C(C)C(C)CCC. The molecule has 0 aliphatic rings. The molecule has 14 heavy (non-hydrogen) atoms. The Morgan fingerprint density at radius 3 is 1.93 bits per heavy atom. The molecule has 0 saturated carbocycles. The number of allylic oxidation sites excluding steroid dienone is 1. The zero-order chi connectivity index (χ0) is 11.1. The van der Waals surface area contributed by atoms with Crippen LogP contribution in [0.1, 0.15) is 60.3 Å². The van der Waals surface area contributed by atoms with Crippen LogP contribution in [0.25, 0.3) is 0 Å². The van der Waals surface area contributed by atoms with E-state index in [4.69, 9.17) is 0 Å². The van der Waals surface area contributed by atoms with E-state index in [0.717, 1.165) is 5.92 Å². The van der Waals surface area contributed by atoms with Crippen LogP contribution < -0.4 is 0 Å². The van der Waals surface area contributed by atoms with E-state index in [9.17, 15) is 0 Å². The van der Waals surface area contributed by atoms with Crippen LogP contribution >= 0.6 is 0 Å². The van der Waals surface area contributed by atoms with Crippen molar-refractivity contribution in [3.05, 3.63) is 12.2 Å². The molecule has 0 aromatic carbocycles. The first kappa shape index (κ1) is 13.7. The average molecular weight is 196 g/mol. The summed E-state index contributed by atoms with van der Waals surface area (Å²) < 4.78 is 0. The van der Waals surface area contributed by atoms with Crippen molar-refractivity contribution in [1.82, 2.24) is 0 Å². The molecule has 0 amide bonds. The first-order chi connectivity index (χ1) is 6.54. The first-order valence-corrected chi connectivity index (χ1v) is 6.23. The summed E-state index contributed by atoms with van der Waals surface area (Å²) in [6, 6.07) is 0. The lowest BCUT2D eigenvalue weighted by Gasteiger charge is -2.26. The summed E-state index contributed by atoms with van der Waals surface area (Å²) >= 11 is 0. The van der Waals surface area contributed by atoms with Crippen LogP contribution in [0.5, 0.6) is 0 Å². The van der Waals surface area contributed by atoms with Gasteiger partial charge in [0.25, 0.3) is 0 Å². The van der Waals surface area contributed by atoms with Gasteiger partial charge in [-0.3, -0.25) is 0 Å². The molecule has 0 aliphatic heterocycles. The molecule has 0 bridgehead atoms. The van der Waals surface area contributed by atoms with E-state index in [1.54, 1.807) is 0 Å². The Bertz CT molecular complexity index is 157. The Morgan fingerprint density at radius 1 is 1.00 bits per heavy atom. The van der Waals surface area contributed by atoms with Gasteiger partial charge in [0.1, 0.15) is 0 Å². The van der Waals surface area contributed by atoms with Crippen LogP contribution in [-0.2, 0) is 0 Å². The van der Waals surface area contributed by atoms with Gasteiger partial charge < -0.3 is 0 Å². The van der Waals surface area contributed by atoms with Crippen LogP contribution in [0.2, 0.25) is 0 Å². The molecule has 0 fully saturated rings. The highest BCUT2D eigenvalue weighted by molar-refractivity contribution is 5.04. The monoisotopic (exact) mass is 196 g/mol. The zero-order valence-corrected chi connectivity index (χ0v) is 10.8. The smallest absolute Gasteiger partial charge is 0.0206 e. The minimum atomic E-state index is 0.691. The van der Waals surface area contributed by atoms with Gasteiger partial charge in [-0.1, -0.05) is 66.0 Å². The minimum absolute atomic E-state index is 0.691. The third-order valence-electron chi connectivity index (χ3n) is 3.54. The van der Waals surface area contributed by atoms with E-state index in [0.29, 0.717) is 11.8 Å². The van der Waals surface area contributed by atoms with Crippen molar-refractivity contribution >= 4 is 0 Å². The molecule has 0 heteroatoms. The molecule has 0 radical (unpaired) electrons. The van der Waals surface area contributed by atoms with Gasteiger partial charge in [-0.2, -0.15) is 0 Å². The molecule has 3 atom stereocenters. The van der Waals surface area contributed by atoms with E-state index < -0.39 is 0 Å². The molecule has 0 rings (SSSR count). The predicted octanol–water partition coefficient (Wildman–Crippen LogP) is 5.05. The number of rotatable bonds is 7.